The van der Waals surface area contributed by atoms with Crippen molar-refractivity contribution in [3.63, 3.8) is 0 Å². The third-order valence-corrected chi connectivity index (χ3v) is 3.32. The second kappa shape index (κ2) is 6.98. The van der Waals surface area contributed by atoms with Gasteiger partial charge in [-0.2, -0.15) is 0 Å². The average Bonchev–Trinajstić information content (AvgIpc) is 2.33. The summed E-state index contributed by atoms with van der Waals surface area (Å²) < 4.78 is 13.3. The summed E-state index contributed by atoms with van der Waals surface area (Å²) in [6, 6.07) is 2.82. The highest BCUT2D eigenvalue weighted by Crippen LogP contribution is 2.24. The molecular formula is C14H18BrFN2O3. The number of nitro benzene ring substituents is 1. The Hall–Kier alpha value is -1.50. The molecule has 0 fully saturated rings. The van der Waals surface area contributed by atoms with Crippen LogP contribution in [0.3, 0.4) is 0 Å². The summed E-state index contributed by atoms with van der Waals surface area (Å²) in [7, 11) is 0. The van der Waals surface area contributed by atoms with Gasteiger partial charge in [-0.3, -0.25) is 14.9 Å². The standard InChI is InChI=1S/C14H18BrFN2O3/c1-14(2,3)7-10(15)8-17-13(19)9-4-11(16)6-12(5-9)18(20)21/h4-6,10H,7-8H2,1-3H3,(H,17,19). The van der Waals surface area contributed by atoms with Crippen molar-refractivity contribution in [1.29, 1.82) is 0 Å². The minimum atomic E-state index is -0.806. The highest BCUT2D eigenvalue weighted by Gasteiger charge is 2.18. The first-order valence-electron chi connectivity index (χ1n) is 6.46. The molecule has 1 aromatic rings. The molecule has 1 unspecified atom stereocenters. The minimum Gasteiger partial charge on any atom is -0.351 e. The lowest BCUT2D eigenvalue weighted by Crippen LogP contribution is -2.31. The topological polar surface area (TPSA) is 72.2 Å². The summed E-state index contributed by atoms with van der Waals surface area (Å²) in [5, 5.41) is 13.3. The molecule has 0 spiro atoms. The molecule has 0 aromatic heterocycles. The average molecular weight is 361 g/mol. The Morgan fingerprint density at radius 1 is 1.43 bits per heavy atom. The Morgan fingerprint density at radius 2 is 2.05 bits per heavy atom. The van der Waals surface area contributed by atoms with Crippen LogP contribution in [-0.4, -0.2) is 22.2 Å². The van der Waals surface area contributed by atoms with Gasteiger partial charge in [0.1, 0.15) is 5.82 Å². The van der Waals surface area contributed by atoms with Gasteiger partial charge in [0, 0.05) is 23.0 Å². The number of carbonyl (C=O) groups is 1. The third kappa shape index (κ3) is 6.20. The van der Waals surface area contributed by atoms with Crippen molar-refractivity contribution in [2.75, 3.05) is 6.54 Å². The molecule has 0 aliphatic rings. The molecule has 0 bridgehead atoms. The number of carbonyl (C=O) groups excluding carboxylic acids is 1. The van der Waals surface area contributed by atoms with Gasteiger partial charge in [0.2, 0.25) is 0 Å². The number of hydrogen-bond acceptors (Lipinski definition) is 3. The van der Waals surface area contributed by atoms with Gasteiger partial charge < -0.3 is 5.32 Å². The van der Waals surface area contributed by atoms with Gasteiger partial charge in [-0.05, 0) is 17.9 Å². The van der Waals surface area contributed by atoms with Gasteiger partial charge in [0.15, 0.2) is 0 Å². The van der Waals surface area contributed by atoms with E-state index in [9.17, 15) is 19.3 Å². The summed E-state index contributed by atoms with van der Waals surface area (Å²) in [6.45, 7) is 6.61. The number of halogens is 2. The van der Waals surface area contributed by atoms with Gasteiger partial charge in [-0.25, -0.2) is 4.39 Å². The van der Waals surface area contributed by atoms with E-state index in [1.54, 1.807) is 0 Å². The van der Waals surface area contributed by atoms with Gasteiger partial charge in [-0.15, -0.1) is 0 Å². The van der Waals surface area contributed by atoms with E-state index in [2.05, 4.69) is 42.0 Å². The van der Waals surface area contributed by atoms with Crippen molar-refractivity contribution in [3.05, 3.63) is 39.7 Å². The second-order valence-corrected chi connectivity index (χ2v) is 7.32. The molecule has 1 aromatic carbocycles. The molecule has 0 heterocycles. The SMILES string of the molecule is CC(C)(C)CC(Br)CNC(=O)c1cc(F)cc([N+](=O)[O-])c1. The van der Waals surface area contributed by atoms with E-state index in [4.69, 9.17) is 0 Å². The van der Waals surface area contributed by atoms with Crippen LogP contribution in [0.15, 0.2) is 18.2 Å². The van der Waals surface area contributed by atoms with E-state index in [0.29, 0.717) is 6.54 Å². The smallest absolute Gasteiger partial charge is 0.273 e. The van der Waals surface area contributed by atoms with E-state index in [-0.39, 0.29) is 15.8 Å². The number of benzene rings is 1. The van der Waals surface area contributed by atoms with Crippen LogP contribution in [0.5, 0.6) is 0 Å². The molecule has 5 nitrogen and oxygen atoms in total. The molecule has 0 aliphatic carbocycles. The van der Waals surface area contributed by atoms with Crippen LogP contribution in [-0.2, 0) is 0 Å². The lowest BCUT2D eigenvalue weighted by atomic mass is 9.90. The van der Waals surface area contributed by atoms with Crippen LogP contribution in [0, 0.1) is 21.3 Å². The van der Waals surface area contributed by atoms with E-state index in [1.165, 1.54) is 0 Å². The van der Waals surface area contributed by atoms with Gasteiger partial charge >= 0.3 is 0 Å². The fourth-order valence-corrected chi connectivity index (χ4v) is 2.99. The number of rotatable bonds is 5. The normalized spacial score (nSPS) is 12.8. The highest BCUT2D eigenvalue weighted by molar-refractivity contribution is 9.09. The zero-order valence-corrected chi connectivity index (χ0v) is 13.7. The zero-order chi connectivity index (χ0) is 16.2. The maximum absolute atomic E-state index is 13.3. The van der Waals surface area contributed by atoms with Gasteiger partial charge in [-0.1, -0.05) is 36.7 Å². The minimum absolute atomic E-state index is 0.0582. The molecule has 1 N–H and O–H groups in total. The quantitative estimate of drug-likeness (QED) is 0.494. The number of alkyl halides is 1. The first kappa shape index (κ1) is 17.6. The fourth-order valence-electron chi connectivity index (χ4n) is 1.85. The predicted molar refractivity (Wildman–Crippen MR) is 82.2 cm³/mol. The lowest BCUT2D eigenvalue weighted by molar-refractivity contribution is -0.385. The first-order chi connectivity index (χ1) is 9.58. The Bertz CT molecular complexity index is 544. The molecule has 1 amide bonds. The summed E-state index contributed by atoms with van der Waals surface area (Å²) in [4.78, 5) is 21.9. The van der Waals surface area contributed by atoms with Crippen LogP contribution >= 0.6 is 15.9 Å². The van der Waals surface area contributed by atoms with Crippen LogP contribution < -0.4 is 5.32 Å². The Balaban J connectivity index is 2.70. The molecule has 0 radical (unpaired) electrons. The van der Waals surface area contributed by atoms with E-state index in [1.807, 2.05) is 0 Å². The number of non-ortho nitro benzene ring substituents is 1. The molecule has 1 atom stereocenters. The van der Waals surface area contributed by atoms with Crippen molar-refractivity contribution in [3.8, 4) is 0 Å². The largest absolute Gasteiger partial charge is 0.351 e. The monoisotopic (exact) mass is 360 g/mol. The molecule has 1 rings (SSSR count). The molecule has 7 heteroatoms. The van der Waals surface area contributed by atoms with Crippen molar-refractivity contribution < 1.29 is 14.1 Å². The van der Waals surface area contributed by atoms with Crippen molar-refractivity contribution in [2.45, 2.75) is 32.0 Å². The van der Waals surface area contributed by atoms with E-state index >= 15 is 0 Å². The summed E-state index contributed by atoms with van der Waals surface area (Å²) in [6.07, 6.45) is 0.844. The van der Waals surface area contributed by atoms with Crippen LogP contribution in [0.2, 0.25) is 0 Å². The van der Waals surface area contributed by atoms with Crippen LogP contribution in [0.25, 0.3) is 0 Å². The van der Waals surface area contributed by atoms with Crippen molar-refractivity contribution >= 4 is 27.5 Å². The maximum atomic E-state index is 13.3. The van der Waals surface area contributed by atoms with Crippen LogP contribution in [0.1, 0.15) is 37.6 Å². The molecule has 0 saturated heterocycles. The summed E-state index contributed by atoms with van der Waals surface area (Å²) in [5.74, 6) is -1.34. The summed E-state index contributed by atoms with van der Waals surface area (Å²) >= 11 is 3.47. The fraction of sp³-hybridized carbons (Fsp3) is 0.500. The number of hydrogen-bond donors (Lipinski definition) is 1. The van der Waals surface area contributed by atoms with Crippen molar-refractivity contribution in [2.24, 2.45) is 5.41 Å². The predicted octanol–water partition coefficient (Wildman–Crippen LogP) is 3.66. The maximum Gasteiger partial charge on any atom is 0.273 e. The Morgan fingerprint density at radius 3 is 2.57 bits per heavy atom. The van der Waals surface area contributed by atoms with Crippen molar-refractivity contribution in [1.82, 2.24) is 5.32 Å². The number of nitro groups is 1. The molecule has 0 aliphatic heterocycles. The van der Waals surface area contributed by atoms with Gasteiger partial charge in [0.25, 0.3) is 11.6 Å². The molecule has 116 valence electrons. The second-order valence-electron chi connectivity index (χ2n) is 6.03. The summed E-state index contributed by atoms with van der Waals surface area (Å²) in [5.41, 5.74) is -0.390. The van der Waals surface area contributed by atoms with E-state index in [0.717, 1.165) is 24.6 Å². The first-order valence-corrected chi connectivity index (χ1v) is 7.37. The number of amides is 1. The number of nitrogens with one attached hydrogen (secondary N) is 1. The zero-order valence-electron chi connectivity index (χ0n) is 12.2. The molecule has 0 saturated carbocycles. The van der Waals surface area contributed by atoms with E-state index < -0.39 is 22.3 Å². The lowest BCUT2D eigenvalue weighted by Gasteiger charge is -2.22. The molecular weight excluding hydrogens is 343 g/mol. The third-order valence-electron chi connectivity index (χ3n) is 2.67. The molecule has 21 heavy (non-hydrogen) atoms. The Labute approximate surface area is 131 Å². The van der Waals surface area contributed by atoms with Gasteiger partial charge in [0.05, 0.1) is 11.0 Å². The number of nitrogens with zero attached hydrogens (tertiary/aromatic N) is 1. The Kier molecular flexibility index (Phi) is 5.83. The highest BCUT2D eigenvalue weighted by atomic mass is 79.9. The van der Waals surface area contributed by atoms with Crippen LogP contribution in [0.4, 0.5) is 10.1 Å².